The molecule has 0 aliphatic heterocycles. The molecule has 5 nitrogen and oxygen atoms in total. The molecule has 0 aliphatic rings. The second-order valence-electron chi connectivity index (χ2n) is 3.26. The minimum Gasteiger partial charge on any atom is -0.476 e. The molecule has 0 aliphatic carbocycles. The molecule has 0 saturated heterocycles. The van der Waals surface area contributed by atoms with Gasteiger partial charge in [-0.2, -0.15) is 0 Å². The predicted molar refractivity (Wildman–Crippen MR) is 71.2 cm³/mol. The van der Waals surface area contributed by atoms with E-state index in [-0.39, 0.29) is 17.3 Å². The number of aromatic carboxylic acids is 1. The van der Waals surface area contributed by atoms with Gasteiger partial charge in [0.1, 0.15) is 4.88 Å². The van der Waals surface area contributed by atoms with Gasteiger partial charge in [0, 0.05) is 10.7 Å². The Bertz CT molecular complexity index is 612. The lowest BCUT2D eigenvalue weighted by Crippen LogP contribution is -2.14. The average molecular weight is 327 g/mol. The quantitative estimate of drug-likeness (QED) is 0.908. The van der Waals surface area contributed by atoms with Gasteiger partial charge in [0.25, 0.3) is 5.91 Å². The van der Waals surface area contributed by atoms with E-state index in [1.54, 1.807) is 17.5 Å². The number of carboxylic acids is 1. The molecule has 18 heavy (non-hydrogen) atoms. The van der Waals surface area contributed by atoms with Gasteiger partial charge in [-0.3, -0.25) is 4.79 Å². The maximum Gasteiger partial charge on any atom is 0.356 e. The highest BCUT2D eigenvalue weighted by Gasteiger charge is 2.16. The number of carbonyl (C=O) groups excluding carboxylic acids is 1. The highest BCUT2D eigenvalue weighted by atomic mass is 79.9. The lowest BCUT2D eigenvalue weighted by molar-refractivity contribution is 0.0692. The molecule has 0 aromatic carbocycles. The number of pyridine rings is 1. The van der Waals surface area contributed by atoms with Crippen LogP contribution in [0, 0.1) is 0 Å². The fourth-order valence-corrected chi connectivity index (χ4v) is 2.76. The number of nitrogens with one attached hydrogen (secondary N) is 1. The van der Waals surface area contributed by atoms with E-state index in [1.807, 2.05) is 0 Å². The Hall–Kier alpha value is -1.73. The van der Waals surface area contributed by atoms with Gasteiger partial charge < -0.3 is 10.4 Å². The molecule has 0 spiro atoms. The van der Waals surface area contributed by atoms with Crippen molar-refractivity contribution in [2.45, 2.75) is 0 Å². The summed E-state index contributed by atoms with van der Waals surface area (Å²) in [5.74, 6) is -1.55. The molecule has 1 amide bonds. The number of hydrogen-bond donors (Lipinski definition) is 2. The zero-order valence-electron chi connectivity index (χ0n) is 8.88. The number of thiophene rings is 1. The maximum atomic E-state index is 11.9. The largest absolute Gasteiger partial charge is 0.476 e. The smallest absolute Gasteiger partial charge is 0.356 e. The second-order valence-corrected chi connectivity index (χ2v) is 5.03. The Labute approximate surface area is 115 Å². The van der Waals surface area contributed by atoms with E-state index in [2.05, 4.69) is 26.2 Å². The molecule has 0 saturated carbocycles. The van der Waals surface area contributed by atoms with Crippen LogP contribution in [0.1, 0.15) is 20.2 Å². The van der Waals surface area contributed by atoms with Crippen LogP contribution in [0.4, 0.5) is 5.69 Å². The Morgan fingerprint density at radius 1 is 1.39 bits per heavy atom. The molecule has 0 radical (unpaired) electrons. The standard InChI is InChI=1S/C11H7BrN2O3S/c12-6-3-5-18-9(6)10(15)14-7-2-1-4-13-8(7)11(16)17/h1-5H,(H,14,15)(H,16,17). The third kappa shape index (κ3) is 2.57. The van der Waals surface area contributed by atoms with Crippen molar-refractivity contribution >= 4 is 44.8 Å². The van der Waals surface area contributed by atoms with Gasteiger partial charge in [-0.15, -0.1) is 11.3 Å². The van der Waals surface area contributed by atoms with Gasteiger partial charge in [-0.25, -0.2) is 9.78 Å². The minimum atomic E-state index is -1.18. The Kier molecular flexibility index (Phi) is 3.73. The average Bonchev–Trinajstić information content (AvgIpc) is 2.76. The lowest BCUT2D eigenvalue weighted by atomic mass is 10.3. The van der Waals surface area contributed by atoms with Gasteiger partial charge in [-0.1, -0.05) is 0 Å². The SMILES string of the molecule is O=C(O)c1ncccc1NC(=O)c1sccc1Br. The number of anilines is 1. The summed E-state index contributed by atoms with van der Waals surface area (Å²) in [7, 11) is 0. The summed E-state index contributed by atoms with van der Waals surface area (Å²) in [4.78, 5) is 27.0. The summed E-state index contributed by atoms with van der Waals surface area (Å²) in [5.41, 5.74) is -0.00571. The van der Waals surface area contributed by atoms with Crippen molar-refractivity contribution in [3.05, 3.63) is 44.8 Å². The number of halogens is 1. The van der Waals surface area contributed by atoms with E-state index in [9.17, 15) is 9.59 Å². The first-order valence-electron chi connectivity index (χ1n) is 4.82. The highest BCUT2D eigenvalue weighted by molar-refractivity contribution is 9.10. The number of rotatable bonds is 3. The first-order valence-corrected chi connectivity index (χ1v) is 6.49. The zero-order chi connectivity index (χ0) is 13.1. The van der Waals surface area contributed by atoms with Crippen molar-refractivity contribution in [2.75, 3.05) is 5.32 Å². The predicted octanol–water partition coefficient (Wildman–Crippen LogP) is 2.86. The highest BCUT2D eigenvalue weighted by Crippen LogP contribution is 2.24. The molecular formula is C11H7BrN2O3S. The van der Waals surface area contributed by atoms with Crippen molar-refractivity contribution < 1.29 is 14.7 Å². The van der Waals surface area contributed by atoms with Crippen molar-refractivity contribution in [3.63, 3.8) is 0 Å². The normalized spacial score (nSPS) is 10.1. The van der Waals surface area contributed by atoms with Crippen molar-refractivity contribution in [3.8, 4) is 0 Å². The van der Waals surface area contributed by atoms with Crippen molar-refractivity contribution in [2.24, 2.45) is 0 Å². The number of hydrogen-bond acceptors (Lipinski definition) is 4. The molecule has 0 atom stereocenters. The summed E-state index contributed by atoms with van der Waals surface area (Å²) in [5, 5.41) is 13.2. The van der Waals surface area contributed by atoms with E-state index < -0.39 is 5.97 Å². The molecule has 0 bridgehead atoms. The van der Waals surface area contributed by atoms with E-state index >= 15 is 0 Å². The summed E-state index contributed by atoms with van der Waals surface area (Å²) in [6.45, 7) is 0. The van der Waals surface area contributed by atoms with Gasteiger partial charge in [-0.05, 0) is 39.5 Å². The molecule has 2 heterocycles. The molecule has 7 heteroatoms. The third-order valence-electron chi connectivity index (χ3n) is 2.08. The van der Waals surface area contributed by atoms with Crippen LogP contribution in [0.5, 0.6) is 0 Å². The van der Waals surface area contributed by atoms with Crippen LogP contribution in [-0.2, 0) is 0 Å². The van der Waals surface area contributed by atoms with E-state index in [0.29, 0.717) is 9.35 Å². The van der Waals surface area contributed by atoms with Crippen LogP contribution in [0.25, 0.3) is 0 Å². The van der Waals surface area contributed by atoms with Gasteiger partial charge in [0.15, 0.2) is 5.69 Å². The molecule has 2 aromatic rings. The minimum absolute atomic E-state index is 0.176. The molecule has 0 unspecified atom stereocenters. The summed E-state index contributed by atoms with van der Waals surface area (Å²) < 4.78 is 0.672. The molecule has 0 fully saturated rings. The number of carbonyl (C=O) groups is 2. The van der Waals surface area contributed by atoms with E-state index in [0.717, 1.165) is 0 Å². The van der Waals surface area contributed by atoms with Gasteiger partial charge in [0.2, 0.25) is 0 Å². The fourth-order valence-electron chi connectivity index (χ4n) is 1.31. The number of aromatic nitrogens is 1. The first-order chi connectivity index (χ1) is 8.59. The first kappa shape index (κ1) is 12.7. The molecule has 2 aromatic heterocycles. The van der Waals surface area contributed by atoms with Gasteiger partial charge >= 0.3 is 5.97 Å². The third-order valence-corrected chi connectivity index (χ3v) is 3.92. The molecular weight excluding hydrogens is 320 g/mol. The monoisotopic (exact) mass is 326 g/mol. The summed E-state index contributed by atoms with van der Waals surface area (Å²) in [6, 6.07) is 4.81. The van der Waals surface area contributed by atoms with Crippen LogP contribution in [0.2, 0.25) is 0 Å². The molecule has 2 N–H and O–H groups in total. The van der Waals surface area contributed by atoms with Crippen LogP contribution < -0.4 is 5.32 Å². The van der Waals surface area contributed by atoms with Crippen LogP contribution >= 0.6 is 27.3 Å². The topological polar surface area (TPSA) is 79.3 Å². The Balaban J connectivity index is 2.28. The fraction of sp³-hybridized carbons (Fsp3) is 0. The lowest BCUT2D eigenvalue weighted by Gasteiger charge is -2.06. The summed E-state index contributed by atoms with van der Waals surface area (Å²) >= 11 is 4.51. The zero-order valence-corrected chi connectivity index (χ0v) is 11.3. The number of amides is 1. The molecule has 92 valence electrons. The number of carboxylic acid groups (broad SMARTS) is 1. The van der Waals surface area contributed by atoms with E-state index in [4.69, 9.17) is 5.11 Å². The van der Waals surface area contributed by atoms with Crippen LogP contribution in [0.3, 0.4) is 0 Å². The van der Waals surface area contributed by atoms with Crippen molar-refractivity contribution in [1.82, 2.24) is 4.98 Å². The van der Waals surface area contributed by atoms with E-state index in [1.165, 1.54) is 23.6 Å². The number of nitrogens with zero attached hydrogens (tertiary/aromatic N) is 1. The Morgan fingerprint density at radius 3 is 2.78 bits per heavy atom. The van der Waals surface area contributed by atoms with Gasteiger partial charge in [0.05, 0.1) is 5.69 Å². The van der Waals surface area contributed by atoms with Crippen LogP contribution in [0.15, 0.2) is 34.2 Å². The second kappa shape index (κ2) is 5.28. The maximum absolute atomic E-state index is 11.9. The summed E-state index contributed by atoms with van der Waals surface area (Å²) in [6.07, 6.45) is 1.36. The van der Waals surface area contributed by atoms with Crippen LogP contribution in [-0.4, -0.2) is 22.0 Å². The Morgan fingerprint density at radius 2 is 2.17 bits per heavy atom. The molecule has 2 rings (SSSR count). The van der Waals surface area contributed by atoms with Crippen molar-refractivity contribution in [1.29, 1.82) is 0 Å².